The third-order valence-corrected chi connectivity index (χ3v) is 3.20. The van der Waals surface area contributed by atoms with Crippen molar-refractivity contribution in [3.05, 3.63) is 59.7 Å². The van der Waals surface area contributed by atoms with Crippen LogP contribution in [0.1, 0.15) is 24.5 Å². The SMILES string of the molecule is CCC(N)Cc1ccccc1Oc1cccc(C)c1. The van der Waals surface area contributed by atoms with Crippen LogP contribution in [0.15, 0.2) is 48.5 Å². The fourth-order valence-electron chi connectivity index (χ4n) is 2.00. The number of ether oxygens (including phenoxy) is 1. The van der Waals surface area contributed by atoms with E-state index < -0.39 is 0 Å². The van der Waals surface area contributed by atoms with Gasteiger partial charge >= 0.3 is 0 Å². The summed E-state index contributed by atoms with van der Waals surface area (Å²) >= 11 is 0. The van der Waals surface area contributed by atoms with Gasteiger partial charge in [-0.3, -0.25) is 0 Å². The highest BCUT2D eigenvalue weighted by molar-refractivity contribution is 5.39. The van der Waals surface area contributed by atoms with Crippen LogP contribution >= 0.6 is 0 Å². The van der Waals surface area contributed by atoms with E-state index in [4.69, 9.17) is 10.5 Å². The van der Waals surface area contributed by atoms with Crippen molar-refractivity contribution in [1.82, 2.24) is 0 Å². The number of nitrogens with two attached hydrogens (primary N) is 1. The lowest BCUT2D eigenvalue weighted by Gasteiger charge is -2.14. The zero-order valence-corrected chi connectivity index (χ0v) is 11.6. The van der Waals surface area contributed by atoms with Gasteiger partial charge < -0.3 is 10.5 Å². The number of benzene rings is 2. The van der Waals surface area contributed by atoms with Crippen LogP contribution in [-0.4, -0.2) is 6.04 Å². The number of rotatable bonds is 5. The van der Waals surface area contributed by atoms with Gasteiger partial charge in [0.15, 0.2) is 0 Å². The second kappa shape index (κ2) is 6.39. The van der Waals surface area contributed by atoms with E-state index in [0.717, 1.165) is 24.3 Å². The summed E-state index contributed by atoms with van der Waals surface area (Å²) in [4.78, 5) is 0. The van der Waals surface area contributed by atoms with E-state index in [-0.39, 0.29) is 6.04 Å². The third kappa shape index (κ3) is 3.83. The van der Waals surface area contributed by atoms with E-state index in [1.54, 1.807) is 0 Å². The van der Waals surface area contributed by atoms with Crippen LogP contribution in [0.4, 0.5) is 0 Å². The van der Waals surface area contributed by atoms with Gasteiger partial charge in [-0.05, 0) is 49.1 Å². The standard InChI is InChI=1S/C17H21NO/c1-3-15(18)12-14-8-4-5-10-17(14)19-16-9-6-7-13(2)11-16/h4-11,15H,3,12,18H2,1-2H3. The Morgan fingerprint density at radius 3 is 2.63 bits per heavy atom. The quantitative estimate of drug-likeness (QED) is 0.874. The fraction of sp³-hybridized carbons (Fsp3) is 0.294. The van der Waals surface area contributed by atoms with Crippen LogP contribution in [-0.2, 0) is 6.42 Å². The van der Waals surface area contributed by atoms with Gasteiger partial charge in [-0.1, -0.05) is 37.3 Å². The van der Waals surface area contributed by atoms with Crippen molar-refractivity contribution < 1.29 is 4.74 Å². The first-order chi connectivity index (χ1) is 9.19. The molecule has 0 fully saturated rings. The average molecular weight is 255 g/mol. The molecule has 0 aliphatic rings. The number of hydrogen-bond acceptors (Lipinski definition) is 2. The third-order valence-electron chi connectivity index (χ3n) is 3.20. The summed E-state index contributed by atoms with van der Waals surface area (Å²) in [7, 11) is 0. The summed E-state index contributed by atoms with van der Waals surface area (Å²) in [5, 5.41) is 0. The molecule has 2 nitrogen and oxygen atoms in total. The molecule has 100 valence electrons. The predicted molar refractivity (Wildman–Crippen MR) is 79.7 cm³/mol. The molecule has 0 aliphatic heterocycles. The molecule has 0 radical (unpaired) electrons. The van der Waals surface area contributed by atoms with Gasteiger partial charge in [0.25, 0.3) is 0 Å². The molecular formula is C17H21NO. The first-order valence-corrected chi connectivity index (χ1v) is 6.77. The summed E-state index contributed by atoms with van der Waals surface area (Å²) in [5.74, 6) is 1.77. The monoisotopic (exact) mass is 255 g/mol. The fourth-order valence-corrected chi connectivity index (χ4v) is 2.00. The van der Waals surface area contributed by atoms with E-state index in [0.29, 0.717) is 0 Å². The van der Waals surface area contributed by atoms with E-state index >= 15 is 0 Å². The minimum absolute atomic E-state index is 0.183. The minimum Gasteiger partial charge on any atom is -0.457 e. The second-order valence-corrected chi connectivity index (χ2v) is 4.90. The molecule has 0 aromatic heterocycles. The maximum atomic E-state index is 6.04. The zero-order chi connectivity index (χ0) is 13.7. The van der Waals surface area contributed by atoms with Crippen LogP contribution in [0.2, 0.25) is 0 Å². The summed E-state index contributed by atoms with van der Waals surface area (Å²) in [6.07, 6.45) is 1.82. The summed E-state index contributed by atoms with van der Waals surface area (Å²) < 4.78 is 5.98. The Morgan fingerprint density at radius 1 is 1.11 bits per heavy atom. The normalized spacial score (nSPS) is 12.2. The molecule has 0 saturated carbocycles. The van der Waals surface area contributed by atoms with Gasteiger partial charge in [-0.2, -0.15) is 0 Å². The van der Waals surface area contributed by atoms with E-state index in [2.05, 4.69) is 26.0 Å². The predicted octanol–water partition coefficient (Wildman–Crippen LogP) is 4.07. The van der Waals surface area contributed by atoms with Crippen molar-refractivity contribution in [2.45, 2.75) is 32.7 Å². The first-order valence-electron chi connectivity index (χ1n) is 6.77. The molecular weight excluding hydrogens is 234 g/mol. The van der Waals surface area contributed by atoms with Crippen LogP contribution in [0, 0.1) is 6.92 Å². The van der Waals surface area contributed by atoms with Crippen LogP contribution in [0.25, 0.3) is 0 Å². The Kier molecular flexibility index (Phi) is 4.58. The molecule has 2 rings (SSSR count). The van der Waals surface area contributed by atoms with Crippen molar-refractivity contribution >= 4 is 0 Å². The zero-order valence-electron chi connectivity index (χ0n) is 11.6. The number of hydrogen-bond donors (Lipinski definition) is 1. The highest BCUT2D eigenvalue weighted by atomic mass is 16.5. The smallest absolute Gasteiger partial charge is 0.130 e. The van der Waals surface area contributed by atoms with E-state index in [1.165, 1.54) is 11.1 Å². The maximum Gasteiger partial charge on any atom is 0.130 e. The van der Waals surface area contributed by atoms with Gasteiger partial charge in [-0.25, -0.2) is 0 Å². The van der Waals surface area contributed by atoms with Crippen molar-refractivity contribution in [3.8, 4) is 11.5 Å². The number of para-hydroxylation sites is 1. The Bertz CT molecular complexity index is 536. The van der Waals surface area contributed by atoms with Crippen molar-refractivity contribution in [3.63, 3.8) is 0 Å². The molecule has 0 spiro atoms. The average Bonchev–Trinajstić information content (AvgIpc) is 2.41. The van der Waals surface area contributed by atoms with E-state index in [9.17, 15) is 0 Å². The summed E-state index contributed by atoms with van der Waals surface area (Å²) in [6.45, 7) is 4.17. The van der Waals surface area contributed by atoms with E-state index in [1.807, 2.05) is 36.4 Å². The molecule has 2 heteroatoms. The molecule has 0 aliphatic carbocycles. The highest BCUT2D eigenvalue weighted by Gasteiger charge is 2.08. The van der Waals surface area contributed by atoms with Gasteiger partial charge in [0.2, 0.25) is 0 Å². The van der Waals surface area contributed by atoms with Crippen molar-refractivity contribution in [1.29, 1.82) is 0 Å². The Hall–Kier alpha value is -1.80. The molecule has 19 heavy (non-hydrogen) atoms. The topological polar surface area (TPSA) is 35.2 Å². The largest absolute Gasteiger partial charge is 0.457 e. The highest BCUT2D eigenvalue weighted by Crippen LogP contribution is 2.26. The molecule has 1 atom stereocenters. The minimum atomic E-state index is 0.183. The van der Waals surface area contributed by atoms with Crippen molar-refractivity contribution in [2.24, 2.45) is 5.73 Å². The summed E-state index contributed by atoms with van der Waals surface area (Å²) in [5.41, 5.74) is 8.40. The van der Waals surface area contributed by atoms with Gasteiger partial charge in [0, 0.05) is 6.04 Å². The lowest BCUT2D eigenvalue weighted by molar-refractivity contribution is 0.471. The Balaban J connectivity index is 2.20. The van der Waals surface area contributed by atoms with Crippen LogP contribution in [0.5, 0.6) is 11.5 Å². The second-order valence-electron chi connectivity index (χ2n) is 4.90. The molecule has 0 heterocycles. The molecule has 0 amide bonds. The Morgan fingerprint density at radius 2 is 1.89 bits per heavy atom. The lowest BCUT2D eigenvalue weighted by Crippen LogP contribution is -2.21. The first kappa shape index (κ1) is 13.6. The molecule has 1 unspecified atom stereocenters. The van der Waals surface area contributed by atoms with Gasteiger partial charge in [0.1, 0.15) is 11.5 Å². The Labute approximate surface area is 115 Å². The van der Waals surface area contributed by atoms with Gasteiger partial charge in [0.05, 0.1) is 0 Å². The lowest BCUT2D eigenvalue weighted by atomic mass is 10.0. The van der Waals surface area contributed by atoms with Crippen molar-refractivity contribution in [2.75, 3.05) is 0 Å². The number of aryl methyl sites for hydroxylation is 1. The van der Waals surface area contributed by atoms with Gasteiger partial charge in [-0.15, -0.1) is 0 Å². The molecule has 0 bridgehead atoms. The molecule has 2 N–H and O–H groups in total. The summed E-state index contributed by atoms with van der Waals surface area (Å²) in [6, 6.07) is 16.4. The molecule has 2 aromatic carbocycles. The molecule has 0 saturated heterocycles. The maximum absolute atomic E-state index is 6.04. The van der Waals surface area contributed by atoms with Crippen LogP contribution < -0.4 is 10.5 Å². The van der Waals surface area contributed by atoms with Crippen LogP contribution in [0.3, 0.4) is 0 Å². The molecule has 2 aromatic rings.